The molecule has 0 N–H and O–H groups in total. The number of rotatable bonds is 5. The molecule has 0 radical (unpaired) electrons. The number of carbonyl (C=O) groups excluding carboxylic acids is 2. The monoisotopic (exact) mass is 351 g/mol. The predicted octanol–water partition coefficient (Wildman–Crippen LogP) is 2.57. The summed E-state index contributed by atoms with van der Waals surface area (Å²) < 4.78 is 24.2. The van der Waals surface area contributed by atoms with Gasteiger partial charge in [-0.05, 0) is 44.9 Å². The molecule has 0 spiro atoms. The van der Waals surface area contributed by atoms with Gasteiger partial charge < -0.3 is 14.4 Å². The number of ether oxygens (including phenoxy) is 2. The van der Waals surface area contributed by atoms with Crippen LogP contribution in [0.2, 0.25) is 0 Å². The third-order valence-corrected chi connectivity index (χ3v) is 4.21. The zero-order valence-corrected chi connectivity index (χ0v) is 15.2. The molecule has 1 saturated heterocycles. The second-order valence-corrected chi connectivity index (χ2v) is 6.81. The molecule has 4 atom stereocenters. The highest BCUT2D eigenvalue weighted by Crippen LogP contribution is 2.15. The molecule has 0 saturated carbocycles. The van der Waals surface area contributed by atoms with Crippen molar-refractivity contribution in [3.05, 3.63) is 35.6 Å². The van der Waals surface area contributed by atoms with Crippen molar-refractivity contribution in [2.24, 2.45) is 5.92 Å². The quantitative estimate of drug-likeness (QED) is 0.765. The number of carbonyl (C=O) groups is 2. The molecule has 2 rings (SSSR count). The Bertz CT molecular complexity index is 611. The van der Waals surface area contributed by atoms with Crippen LogP contribution in [-0.2, 0) is 25.5 Å². The minimum Gasteiger partial charge on any atom is -0.452 e. The number of amides is 1. The van der Waals surface area contributed by atoms with E-state index in [4.69, 9.17) is 9.47 Å². The average Bonchev–Trinajstić information content (AvgIpc) is 2.53. The maximum atomic E-state index is 13.2. The summed E-state index contributed by atoms with van der Waals surface area (Å²) in [6.07, 6.45) is -0.562. The first-order valence-corrected chi connectivity index (χ1v) is 8.65. The average molecular weight is 351 g/mol. The van der Waals surface area contributed by atoms with Crippen molar-refractivity contribution in [3.8, 4) is 0 Å². The van der Waals surface area contributed by atoms with Gasteiger partial charge in [0.2, 0.25) is 0 Å². The molecule has 1 amide bonds. The lowest BCUT2D eigenvalue weighted by molar-refractivity contribution is -0.166. The molecule has 1 aromatic rings. The summed E-state index contributed by atoms with van der Waals surface area (Å²) in [5.41, 5.74) is 0.722. The van der Waals surface area contributed by atoms with Gasteiger partial charge in [0.25, 0.3) is 5.91 Å². The van der Waals surface area contributed by atoms with Crippen molar-refractivity contribution < 1.29 is 23.5 Å². The van der Waals surface area contributed by atoms with Gasteiger partial charge in [0.15, 0.2) is 6.10 Å². The van der Waals surface area contributed by atoms with Gasteiger partial charge in [-0.2, -0.15) is 0 Å². The molecule has 0 aliphatic carbocycles. The molecule has 25 heavy (non-hydrogen) atoms. The second kappa shape index (κ2) is 8.43. The lowest BCUT2D eigenvalue weighted by Crippen LogP contribution is -2.51. The summed E-state index contributed by atoms with van der Waals surface area (Å²) in [4.78, 5) is 26.4. The van der Waals surface area contributed by atoms with Crippen LogP contribution < -0.4 is 0 Å². The standard InChI is InChI=1S/C19H26FNO4/c1-12(8-16-6-5-7-17(20)9-16)19(23)25-15(4)18(22)21-10-13(2)24-14(3)11-21/h5-7,9,12-15H,8,10-11H2,1-4H3. The van der Waals surface area contributed by atoms with Crippen LogP contribution in [0, 0.1) is 11.7 Å². The topological polar surface area (TPSA) is 55.8 Å². The van der Waals surface area contributed by atoms with Gasteiger partial charge in [0, 0.05) is 13.1 Å². The van der Waals surface area contributed by atoms with E-state index in [0.717, 1.165) is 5.56 Å². The number of hydrogen-bond donors (Lipinski definition) is 0. The summed E-state index contributed by atoms with van der Waals surface area (Å²) in [5.74, 6) is -1.47. The van der Waals surface area contributed by atoms with Crippen LogP contribution in [0.3, 0.4) is 0 Å². The van der Waals surface area contributed by atoms with Gasteiger partial charge in [-0.15, -0.1) is 0 Å². The van der Waals surface area contributed by atoms with Crippen molar-refractivity contribution in [2.75, 3.05) is 13.1 Å². The highest BCUT2D eigenvalue weighted by molar-refractivity contribution is 5.84. The number of halogens is 1. The largest absolute Gasteiger partial charge is 0.452 e. The Labute approximate surface area is 148 Å². The van der Waals surface area contributed by atoms with Crippen molar-refractivity contribution >= 4 is 11.9 Å². The molecule has 6 heteroatoms. The first kappa shape index (κ1) is 19.4. The normalized spacial score (nSPS) is 23.0. The molecular formula is C19H26FNO4. The Balaban J connectivity index is 1.89. The lowest BCUT2D eigenvalue weighted by atomic mass is 10.0. The van der Waals surface area contributed by atoms with E-state index >= 15 is 0 Å². The smallest absolute Gasteiger partial charge is 0.309 e. The molecule has 1 aliphatic rings. The van der Waals surface area contributed by atoms with Crippen molar-refractivity contribution in [2.45, 2.75) is 52.4 Å². The van der Waals surface area contributed by atoms with E-state index in [1.54, 1.807) is 30.9 Å². The highest BCUT2D eigenvalue weighted by Gasteiger charge is 2.31. The molecule has 1 aromatic carbocycles. The number of nitrogens with zero attached hydrogens (tertiary/aromatic N) is 1. The van der Waals surface area contributed by atoms with Crippen LogP contribution in [0.25, 0.3) is 0 Å². The molecule has 0 aromatic heterocycles. The summed E-state index contributed by atoms with van der Waals surface area (Å²) in [5, 5.41) is 0. The molecular weight excluding hydrogens is 325 g/mol. The Morgan fingerprint density at radius 1 is 1.28 bits per heavy atom. The summed E-state index contributed by atoms with van der Waals surface area (Å²) in [7, 11) is 0. The van der Waals surface area contributed by atoms with Crippen molar-refractivity contribution in [3.63, 3.8) is 0 Å². The molecule has 0 bridgehead atoms. The first-order chi connectivity index (χ1) is 11.8. The van der Waals surface area contributed by atoms with E-state index < -0.39 is 18.0 Å². The Morgan fingerprint density at radius 2 is 1.92 bits per heavy atom. The van der Waals surface area contributed by atoms with Crippen LogP contribution in [0.15, 0.2) is 24.3 Å². The van der Waals surface area contributed by atoms with Gasteiger partial charge in [-0.1, -0.05) is 19.1 Å². The van der Waals surface area contributed by atoms with Gasteiger partial charge >= 0.3 is 5.97 Å². The number of esters is 1. The van der Waals surface area contributed by atoms with E-state index in [-0.39, 0.29) is 23.9 Å². The Morgan fingerprint density at radius 3 is 2.52 bits per heavy atom. The van der Waals surface area contributed by atoms with E-state index in [1.165, 1.54) is 12.1 Å². The number of morpholine rings is 1. The SMILES string of the molecule is CC1CN(C(=O)C(C)OC(=O)C(C)Cc2cccc(F)c2)CC(C)O1. The van der Waals surface area contributed by atoms with Gasteiger partial charge in [-0.25, -0.2) is 4.39 Å². The molecule has 5 nitrogen and oxygen atoms in total. The van der Waals surface area contributed by atoms with Crippen LogP contribution >= 0.6 is 0 Å². The van der Waals surface area contributed by atoms with Crippen LogP contribution in [0.5, 0.6) is 0 Å². The third kappa shape index (κ3) is 5.53. The molecule has 138 valence electrons. The van der Waals surface area contributed by atoms with Crippen LogP contribution in [0.1, 0.15) is 33.3 Å². The van der Waals surface area contributed by atoms with Gasteiger partial charge in [0.05, 0.1) is 18.1 Å². The Kier molecular flexibility index (Phi) is 6.53. The predicted molar refractivity (Wildman–Crippen MR) is 91.4 cm³/mol. The summed E-state index contributed by atoms with van der Waals surface area (Å²) in [6, 6.07) is 6.13. The highest BCUT2D eigenvalue weighted by atomic mass is 19.1. The van der Waals surface area contributed by atoms with Crippen molar-refractivity contribution in [1.29, 1.82) is 0 Å². The van der Waals surface area contributed by atoms with E-state index in [1.807, 2.05) is 13.8 Å². The summed E-state index contributed by atoms with van der Waals surface area (Å²) in [6.45, 7) is 8.10. The zero-order valence-electron chi connectivity index (χ0n) is 15.2. The second-order valence-electron chi connectivity index (χ2n) is 6.81. The summed E-state index contributed by atoms with van der Waals surface area (Å²) >= 11 is 0. The van der Waals surface area contributed by atoms with E-state index in [9.17, 15) is 14.0 Å². The van der Waals surface area contributed by atoms with Gasteiger partial charge in [-0.3, -0.25) is 9.59 Å². The van der Waals surface area contributed by atoms with Crippen molar-refractivity contribution in [1.82, 2.24) is 4.90 Å². The van der Waals surface area contributed by atoms with Gasteiger partial charge in [0.1, 0.15) is 5.82 Å². The maximum Gasteiger partial charge on any atom is 0.309 e. The molecule has 1 aliphatic heterocycles. The zero-order chi connectivity index (χ0) is 18.6. The van der Waals surface area contributed by atoms with E-state index in [0.29, 0.717) is 19.5 Å². The molecule has 1 fully saturated rings. The minimum atomic E-state index is -0.847. The van der Waals surface area contributed by atoms with Crippen LogP contribution in [-0.4, -0.2) is 48.2 Å². The third-order valence-electron chi connectivity index (χ3n) is 4.21. The number of benzene rings is 1. The fraction of sp³-hybridized carbons (Fsp3) is 0.579. The molecule has 1 heterocycles. The number of hydrogen-bond acceptors (Lipinski definition) is 4. The fourth-order valence-electron chi connectivity index (χ4n) is 3.06. The first-order valence-electron chi connectivity index (χ1n) is 8.65. The van der Waals surface area contributed by atoms with Crippen LogP contribution in [0.4, 0.5) is 4.39 Å². The van der Waals surface area contributed by atoms with E-state index in [2.05, 4.69) is 0 Å². The maximum absolute atomic E-state index is 13.2. The lowest BCUT2D eigenvalue weighted by Gasteiger charge is -2.36. The Hall–Kier alpha value is -1.95. The fourth-order valence-corrected chi connectivity index (χ4v) is 3.06. The molecule has 4 unspecified atom stereocenters. The minimum absolute atomic E-state index is 0.0393.